The highest BCUT2D eigenvalue weighted by Gasteiger charge is 2.46. The minimum atomic E-state index is -0.488. The number of allylic oxidation sites excluding steroid dienone is 2. The van der Waals surface area contributed by atoms with Crippen LogP contribution in [0.25, 0.3) is 67.6 Å². The first kappa shape index (κ1) is 33.3. The summed E-state index contributed by atoms with van der Waals surface area (Å²) in [7, 11) is 0. The topological polar surface area (TPSA) is 38.7 Å². The molecule has 0 N–H and O–H groups in total. The normalized spacial score (nSPS) is 13.5. The zero-order chi connectivity index (χ0) is 37.6. The molecule has 1 aliphatic rings. The molecule has 8 aromatic carbocycles. The number of aromatic nitrogens is 3. The molecule has 0 spiro atoms. The van der Waals surface area contributed by atoms with Crippen molar-refractivity contribution in [3.8, 4) is 33.9 Å². The molecule has 3 heteroatoms. The van der Waals surface area contributed by atoms with Gasteiger partial charge in [0.05, 0.1) is 5.41 Å². The maximum Gasteiger partial charge on any atom is 0.164 e. The van der Waals surface area contributed by atoms with Crippen LogP contribution in [0.2, 0.25) is 0 Å². The third-order valence-corrected chi connectivity index (χ3v) is 11.2. The highest BCUT2D eigenvalue weighted by Crippen LogP contribution is 2.56. The average molecular weight is 716 g/mol. The second-order valence-electron chi connectivity index (χ2n) is 14.4. The third-order valence-electron chi connectivity index (χ3n) is 11.2. The van der Waals surface area contributed by atoms with E-state index in [9.17, 15) is 0 Å². The van der Waals surface area contributed by atoms with Crippen LogP contribution in [-0.4, -0.2) is 15.0 Å². The van der Waals surface area contributed by atoms with Crippen LogP contribution in [0.4, 0.5) is 0 Å². The van der Waals surface area contributed by atoms with Gasteiger partial charge < -0.3 is 0 Å². The van der Waals surface area contributed by atoms with Crippen molar-refractivity contribution >= 4 is 33.7 Å². The summed E-state index contributed by atoms with van der Waals surface area (Å²) < 4.78 is 0. The first-order chi connectivity index (χ1) is 27.6. The van der Waals surface area contributed by atoms with Gasteiger partial charge in [-0.25, -0.2) is 15.0 Å². The molecule has 9 aromatic rings. The standard InChI is InChI=1S/C53H37N3/c1-3-17-45(42-25-12-10-18-35(42)2)51-54-50(55-52(56-51)46-28-16-20-36-19-11-13-26-43(36)46)38-31-30-37-33-47-44-27-14-15-29-48(44)53(40-21-6-4-7-22-40,41-23-8-5-9-24-41)49(47)34-39(37)32-38/h3-34H,2H2,1H3/b17-3-,45-42+. The molecule has 10 rings (SSSR count). The Labute approximate surface area is 326 Å². The molecule has 1 aromatic heterocycles. The quantitative estimate of drug-likeness (QED) is 0.172. The van der Waals surface area contributed by atoms with E-state index in [0.717, 1.165) is 48.7 Å². The summed E-state index contributed by atoms with van der Waals surface area (Å²) in [6.07, 6.45) is 4.10. The van der Waals surface area contributed by atoms with E-state index in [1.54, 1.807) is 0 Å². The molecule has 0 fully saturated rings. The maximum absolute atomic E-state index is 5.24. The number of rotatable bonds is 6. The van der Waals surface area contributed by atoms with E-state index in [1.807, 2.05) is 31.2 Å². The van der Waals surface area contributed by atoms with Crippen molar-refractivity contribution in [2.45, 2.75) is 12.3 Å². The first-order valence-electron chi connectivity index (χ1n) is 19.1. The van der Waals surface area contributed by atoms with Gasteiger partial charge >= 0.3 is 0 Å². The van der Waals surface area contributed by atoms with Crippen molar-refractivity contribution in [2.24, 2.45) is 0 Å². The Kier molecular flexibility index (Phi) is 8.08. The van der Waals surface area contributed by atoms with Crippen molar-refractivity contribution < 1.29 is 0 Å². The minimum Gasteiger partial charge on any atom is -0.208 e. The molecule has 0 radical (unpaired) electrons. The van der Waals surface area contributed by atoms with E-state index in [-0.39, 0.29) is 0 Å². The van der Waals surface area contributed by atoms with E-state index in [4.69, 9.17) is 15.0 Å². The van der Waals surface area contributed by atoms with Gasteiger partial charge in [-0.3, -0.25) is 0 Å². The predicted molar refractivity (Wildman–Crippen MR) is 232 cm³/mol. The number of fused-ring (bicyclic) bond motifs is 5. The van der Waals surface area contributed by atoms with Gasteiger partial charge in [0, 0.05) is 16.7 Å². The Hall–Kier alpha value is -7.23. The van der Waals surface area contributed by atoms with Crippen molar-refractivity contribution in [3.63, 3.8) is 0 Å². The second kappa shape index (κ2) is 13.6. The van der Waals surface area contributed by atoms with Crippen LogP contribution < -0.4 is 10.4 Å². The summed E-state index contributed by atoms with van der Waals surface area (Å²) in [5, 5.41) is 6.41. The van der Waals surface area contributed by atoms with E-state index in [1.165, 1.54) is 33.4 Å². The zero-order valence-corrected chi connectivity index (χ0v) is 31.0. The summed E-state index contributed by atoms with van der Waals surface area (Å²) in [5.74, 6) is 1.84. The van der Waals surface area contributed by atoms with Crippen LogP contribution in [0.15, 0.2) is 194 Å². The molecule has 0 atom stereocenters. The summed E-state index contributed by atoms with van der Waals surface area (Å²) in [6, 6.07) is 65.0. The van der Waals surface area contributed by atoms with Crippen LogP contribution in [0.5, 0.6) is 0 Å². The highest BCUT2D eigenvalue weighted by molar-refractivity contribution is 5.98. The van der Waals surface area contributed by atoms with Gasteiger partial charge in [0.15, 0.2) is 17.5 Å². The Morgan fingerprint density at radius 1 is 0.500 bits per heavy atom. The fraction of sp³-hybridized carbons (Fsp3) is 0.0377. The van der Waals surface area contributed by atoms with Gasteiger partial charge in [-0.05, 0) is 90.5 Å². The lowest BCUT2D eigenvalue weighted by Gasteiger charge is -2.34. The molecule has 0 saturated heterocycles. The average Bonchev–Trinajstić information content (AvgIpc) is 3.55. The Bertz CT molecular complexity index is 3070. The van der Waals surface area contributed by atoms with Crippen molar-refractivity contribution in [3.05, 3.63) is 233 Å². The lowest BCUT2D eigenvalue weighted by molar-refractivity contribution is 0.769. The third kappa shape index (κ3) is 5.32. The van der Waals surface area contributed by atoms with Crippen LogP contribution in [0, 0.1) is 0 Å². The largest absolute Gasteiger partial charge is 0.208 e. The minimum absolute atomic E-state index is 0.488. The molecule has 1 aliphatic carbocycles. The molecule has 0 amide bonds. The predicted octanol–water partition coefficient (Wildman–Crippen LogP) is 11.1. The molecule has 56 heavy (non-hydrogen) atoms. The molecule has 0 saturated carbocycles. The molecular formula is C53H37N3. The molecule has 0 aliphatic heterocycles. The van der Waals surface area contributed by atoms with E-state index < -0.39 is 5.41 Å². The fourth-order valence-corrected chi connectivity index (χ4v) is 8.73. The van der Waals surface area contributed by atoms with E-state index in [0.29, 0.717) is 17.5 Å². The number of benzene rings is 8. The lowest BCUT2D eigenvalue weighted by atomic mass is 9.67. The molecule has 1 heterocycles. The van der Waals surface area contributed by atoms with Crippen LogP contribution in [0.3, 0.4) is 0 Å². The highest BCUT2D eigenvalue weighted by atomic mass is 15.0. The zero-order valence-electron chi connectivity index (χ0n) is 31.0. The maximum atomic E-state index is 5.24. The summed E-state index contributed by atoms with van der Waals surface area (Å²) in [5.41, 5.74) is 9.86. The first-order valence-corrected chi connectivity index (χ1v) is 19.1. The molecule has 264 valence electrons. The van der Waals surface area contributed by atoms with E-state index in [2.05, 4.69) is 176 Å². The van der Waals surface area contributed by atoms with Crippen LogP contribution >= 0.6 is 0 Å². The number of hydrogen-bond acceptors (Lipinski definition) is 3. The number of nitrogens with zero attached hydrogens (tertiary/aromatic N) is 3. The van der Waals surface area contributed by atoms with Gasteiger partial charge in [-0.2, -0.15) is 0 Å². The Morgan fingerprint density at radius 3 is 1.95 bits per heavy atom. The molecular weight excluding hydrogens is 679 g/mol. The van der Waals surface area contributed by atoms with Crippen LogP contribution in [0.1, 0.15) is 35.0 Å². The van der Waals surface area contributed by atoms with Gasteiger partial charge in [0.1, 0.15) is 0 Å². The van der Waals surface area contributed by atoms with Crippen molar-refractivity contribution in [1.82, 2.24) is 15.0 Å². The van der Waals surface area contributed by atoms with Crippen LogP contribution in [-0.2, 0) is 5.41 Å². The van der Waals surface area contributed by atoms with Gasteiger partial charge in [0.25, 0.3) is 0 Å². The number of hydrogen-bond donors (Lipinski definition) is 0. The summed E-state index contributed by atoms with van der Waals surface area (Å²) >= 11 is 0. The van der Waals surface area contributed by atoms with Gasteiger partial charge in [-0.15, -0.1) is 0 Å². The monoisotopic (exact) mass is 715 g/mol. The molecule has 3 nitrogen and oxygen atoms in total. The molecule has 0 unspecified atom stereocenters. The molecule has 0 bridgehead atoms. The van der Waals surface area contributed by atoms with Crippen molar-refractivity contribution in [2.75, 3.05) is 0 Å². The van der Waals surface area contributed by atoms with Gasteiger partial charge in [-0.1, -0.05) is 183 Å². The Morgan fingerprint density at radius 2 is 1.16 bits per heavy atom. The summed E-state index contributed by atoms with van der Waals surface area (Å²) in [4.78, 5) is 15.7. The smallest absolute Gasteiger partial charge is 0.164 e. The lowest BCUT2D eigenvalue weighted by Crippen LogP contribution is -2.28. The van der Waals surface area contributed by atoms with E-state index >= 15 is 0 Å². The summed E-state index contributed by atoms with van der Waals surface area (Å²) in [6.45, 7) is 6.38. The SMILES string of the molecule is C=c1cccc/c1=C(/C=C\C)c1nc(-c2ccc3cc4c(cc3c2)C(c2ccccc2)(c2ccccc2)c2ccccc2-4)nc(-c2cccc3ccccc23)n1. The van der Waals surface area contributed by atoms with Crippen molar-refractivity contribution in [1.29, 1.82) is 0 Å². The fourth-order valence-electron chi connectivity index (χ4n) is 8.73. The Balaban J connectivity index is 1.24. The van der Waals surface area contributed by atoms with Gasteiger partial charge in [0.2, 0.25) is 0 Å². The second-order valence-corrected chi connectivity index (χ2v) is 14.4.